The van der Waals surface area contributed by atoms with Crippen LogP contribution in [0.1, 0.15) is 58.8 Å². The van der Waals surface area contributed by atoms with Gasteiger partial charge in [-0.1, -0.05) is 26.7 Å². The average molecular weight is 296 g/mol. The fourth-order valence-corrected chi connectivity index (χ4v) is 2.92. The number of hydrogen-bond acceptors (Lipinski definition) is 2. The highest BCUT2D eigenvalue weighted by Crippen LogP contribution is 2.40. The number of carbonyl (C=O) groups excluding carboxylic acids is 1. The molecule has 0 saturated heterocycles. The van der Waals surface area contributed by atoms with E-state index in [4.69, 9.17) is 0 Å². The topological polar surface area (TPSA) is 65.5 Å². The maximum Gasteiger partial charge on any atom is 0.221 e. The molecule has 0 aliphatic heterocycles. The average Bonchev–Trinajstić information content (AvgIpc) is 2.98. The van der Waals surface area contributed by atoms with Crippen LogP contribution in [0.25, 0.3) is 0 Å². The molecule has 5 heteroatoms. The van der Waals surface area contributed by atoms with E-state index in [1.165, 1.54) is 32.1 Å². The molecule has 0 atom stereocenters. The predicted molar refractivity (Wildman–Crippen MR) is 88.5 cm³/mol. The second kappa shape index (κ2) is 9.64. The van der Waals surface area contributed by atoms with Gasteiger partial charge >= 0.3 is 0 Å². The summed E-state index contributed by atoms with van der Waals surface area (Å²) in [5, 5.41) is 9.52. The lowest BCUT2D eigenvalue weighted by Gasteiger charge is -2.28. The molecule has 5 nitrogen and oxygen atoms in total. The third-order valence-electron chi connectivity index (χ3n) is 4.49. The van der Waals surface area contributed by atoms with Crippen molar-refractivity contribution in [2.45, 2.75) is 58.8 Å². The Balaban J connectivity index is 2.24. The molecule has 1 aliphatic rings. The van der Waals surface area contributed by atoms with E-state index in [0.717, 1.165) is 25.5 Å². The zero-order chi connectivity index (χ0) is 15.6. The molecule has 21 heavy (non-hydrogen) atoms. The number of nitrogens with one attached hydrogen (secondary N) is 3. The summed E-state index contributed by atoms with van der Waals surface area (Å²) < 4.78 is 0. The van der Waals surface area contributed by atoms with Crippen LogP contribution in [0.5, 0.6) is 0 Å². The van der Waals surface area contributed by atoms with Gasteiger partial charge in [0.25, 0.3) is 0 Å². The summed E-state index contributed by atoms with van der Waals surface area (Å²) in [6.07, 6.45) is 8.00. The molecular formula is C16H32N4O. The van der Waals surface area contributed by atoms with Crippen molar-refractivity contribution in [1.82, 2.24) is 16.0 Å². The summed E-state index contributed by atoms with van der Waals surface area (Å²) >= 11 is 0. The molecule has 0 radical (unpaired) electrons. The Morgan fingerprint density at radius 2 is 1.81 bits per heavy atom. The van der Waals surface area contributed by atoms with Crippen molar-refractivity contribution in [3.05, 3.63) is 0 Å². The lowest BCUT2D eigenvalue weighted by molar-refractivity contribution is -0.120. The Hall–Kier alpha value is -1.26. The molecule has 0 bridgehead atoms. The first-order valence-corrected chi connectivity index (χ1v) is 8.37. The van der Waals surface area contributed by atoms with E-state index < -0.39 is 0 Å². The fraction of sp³-hybridized carbons (Fsp3) is 0.875. The first-order valence-electron chi connectivity index (χ1n) is 8.37. The van der Waals surface area contributed by atoms with Crippen LogP contribution in [0.15, 0.2) is 4.99 Å². The molecule has 3 N–H and O–H groups in total. The third kappa shape index (κ3) is 6.36. The minimum absolute atomic E-state index is 0.0978. The summed E-state index contributed by atoms with van der Waals surface area (Å²) in [6, 6.07) is 0. The molecule has 0 unspecified atom stereocenters. The maximum atomic E-state index is 11.5. The Morgan fingerprint density at radius 1 is 1.10 bits per heavy atom. The highest BCUT2D eigenvalue weighted by atomic mass is 16.1. The van der Waals surface area contributed by atoms with E-state index in [9.17, 15) is 4.79 Å². The summed E-state index contributed by atoms with van der Waals surface area (Å²) in [4.78, 5) is 15.8. The maximum absolute atomic E-state index is 11.5. The molecule has 1 rings (SSSR count). The molecule has 122 valence electrons. The van der Waals surface area contributed by atoms with Crippen LogP contribution in [-0.4, -0.2) is 38.5 Å². The van der Waals surface area contributed by atoms with Crippen LogP contribution in [0, 0.1) is 5.41 Å². The number of guanidine groups is 1. The van der Waals surface area contributed by atoms with Gasteiger partial charge < -0.3 is 16.0 Å². The van der Waals surface area contributed by atoms with Crippen molar-refractivity contribution >= 4 is 11.9 Å². The lowest BCUT2D eigenvalue weighted by Crippen LogP contribution is -2.43. The van der Waals surface area contributed by atoms with Crippen LogP contribution in [0.3, 0.4) is 0 Å². The Labute approximate surface area is 129 Å². The van der Waals surface area contributed by atoms with Gasteiger partial charge in [0.05, 0.1) is 0 Å². The number of amides is 1. The second-order valence-corrected chi connectivity index (χ2v) is 6.01. The first kappa shape index (κ1) is 17.8. The van der Waals surface area contributed by atoms with Crippen LogP contribution < -0.4 is 16.0 Å². The van der Waals surface area contributed by atoms with E-state index in [1.807, 2.05) is 0 Å². The van der Waals surface area contributed by atoms with Gasteiger partial charge in [0.2, 0.25) is 5.91 Å². The van der Waals surface area contributed by atoms with Crippen molar-refractivity contribution < 1.29 is 4.79 Å². The molecule has 0 aromatic rings. The highest BCUT2D eigenvalue weighted by molar-refractivity contribution is 5.81. The van der Waals surface area contributed by atoms with E-state index in [2.05, 4.69) is 34.8 Å². The lowest BCUT2D eigenvalue weighted by atomic mass is 9.83. The monoisotopic (exact) mass is 296 g/mol. The quantitative estimate of drug-likeness (QED) is 0.474. The van der Waals surface area contributed by atoms with Gasteiger partial charge in [0.15, 0.2) is 5.96 Å². The predicted octanol–water partition coefficient (Wildman–Crippen LogP) is 2.04. The minimum Gasteiger partial charge on any atom is -0.356 e. The first-order chi connectivity index (χ1) is 10.2. The van der Waals surface area contributed by atoms with Gasteiger partial charge in [0, 0.05) is 33.1 Å². The molecule has 1 saturated carbocycles. The summed E-state index contributed by atoms with van der Waals surface area (Å²) in [6.45, 7) is 6.68. The van der Waals surface area contributed by atoms with Gasteiger partial charge in [-0.3, -0.25) is 9.79 Å². The van der Waals surface area contributed by atoms with E-state index >= 15 is 0 Å². The summed E-state index contributed by atoms with van der Waals surface area (Å²) in [5.41, 5.74) is 0.441. The van der Waals surface area contributed by atoms with Gasteiger partial charge in [-0.2, -0.15) is 0 Å². The molecular weight excluding hydrogens is 264 g/mol. The molecule has 0 aromatic heterocycles. The molecule has 0 spiro atoms. The van der Waals surface area contributed by atoms with E-state index in [-0.39, 0.29) is 5.91 Å². The van der Waals surface area contributed by atoms with E-state index in [0.29, 0.717) is 18.4 Å². The van der Waals surface area contributed by atoms with Crippen molar-refractivity contribution in [1.29, 1.82) is 0 Å². The standard InChI is InChI=1S/C16H32N4O/c1-4-11-18-14(21)8-12-19-15(17-3)20-13-16(5-2)9-6-7-10-16/h4-13H2,1-3H3,(H,18,21)(H2,17,19,20). The Bertz CT molecular complexity index is 335. The highest BCUT2D eigenvalue weighted by Gasteiger charge is 2.31. The van der Waals surface area contributed by atoms with Crippen molar-refractivity contribution in [2.24, 2.45) is 10.4 Å². The number of nitrogens with zero attached hydrogens (tertiary/aromatic N) is 1. The van der Waals surface area contributed by atoms with Gasteiger partial charge in [-0.05, 0) is 31.1 Å². The van der Waals surface area contributed by atoms with E-state index in [1.54, 1.807) is 7.05 Å². The zero-order valence-corrected chi connectivity index (χ0v) is 13.9. The summed E-state index contributed by atoms with van der Waals surface area (Å²) in [5.74, 6) is 0.902. The van der Waals surface area contributed by atoms with Crippen molar-refractivity contribution in [2.75, 3.05) is 26.7 Å². The Kier molecular flexibility index (Phi) is 8.16. The van der Waals surface area contributed by atoms with Gasteiger partial charge in [-0.25, -0.2) is 0 Å². The number of aliphatic imine (C=N–C) groups is 1. The van der Waals surface area contributed by atoms with Crippen LogP contribution in [0.2, 0.25) is 0 Å². The van der Waals surface area contributed by atoms with Crippen LogP contribution in [-0.2, 0) is 4.79 Å². The van der Waals surface area contributed by atoms with Gasteiger partial charge in [0.1, 0.15) is 0 Å². The van der Waals surface area contributed by atoms with Crippen LogP contribution in [0.4, 0.5) is 0 Å². The minimum atomic E-state index is 0.0978. The molecule has 1 aliphatic carbocycles. The molecule has 1 fully saturated rings. The molecule has 0 heterocycles. The zero-order valence-electron chi connectivity index (χ0n) is 13.9. The normalized spacial score (nSPS) is 17.6. The third-order valence-corrected chi connectivity index (χ3v) is 4.49. The summed E-state index contributed by atoms with van der Waals surface area (Å²) in [7, 11) is 1.78. The molecule has 0 aromatic carbocycles. The van der Waals surface area contributed by atoms with Crippen LogP contribution >= 0.6 is 0 Å². The second-order valence-electron chi connectivity index (χ2n) is 6.01. The SMILES string of the molecule is CCCNC(=O)CCNC(=NC)NCC1(CC)CCCC1. The smallest absolute Gasteiger partial charge is 0.221 e. The van der Waals surface area contributed by atoms with Gasteiger partial charge in [-0.15, -0.1) is 0 Å². The number of carbonyl (C=O) groups is 1. The van der Waals surface area contributed by atoms with Crippen molar-refractivity contribution in [3.8, 4) is 0 Å². The largest absolute Gasteiger partial charge is 0.356 e. The number of rotatable bonds is 8. The Morgan fingerprint density at radius 3 is 2.38 bits per heavy atom. The fourth-order valence-electron chi connectivity index (χ4n) is 2.92. The van der Waals surface area contributed by atoms with Crippen molar-refractivity contribution in [3.63, 3.8) is 0 Å². The molecule has 1 amide bonds. The number of hydrogen-bond donors (Lipinski definition) is 3.